The van der Waals surface area contributed by atoms with Gasteiger partial charge in [0.1, 0.15) is 5.69 Å². The molecular formula is C9H12N2O3. The predicted octanol–water partition coefficient (Wildman–Crippen LogP) is 0.649. The van der Waals surface area contributed by atoms with Gasteiger partial charge in [-0.05, 0) is 13.0 Å². The van der Waals surface area contributed by atoms with E-state index in [0.717, 1.165) is 0 Å². The van der Waals surface area contributed by atoms with Crippen molar-refractivity contribution in [3.63, 3.8) is 0 Å². The van der Waals surface area contributed by atoms with Crippen LogP contribution in [-0.2, 0) is 16.1 Å². The highest BCUT2D eigenvalue weighted by atomic mass is 16.5. The van der Waals surface area contributed by atoms with E-state index in [-0.39, 0.29) is 12.4 Å². The molecule has 0 atom stereocenters. The Labute approximate surface area is 81.7 Å². The van der Waals surface area contributed by atoms with Gasteiger partial charge in [-0.25, -0.2) is 0 Å². The lowest BCUT2D eigenvalue weighted by Crippen LogP contribution is -2.09. The highest BCUT2D eigenvalue weighted by molar-refractivity contribution is 5.71. The van der Waals surface area contributed by atoms with Gasteiger partial charge in [-0.1, -0.05) is 0 Å². The summed E-state index contributed by atoms with van der Waals surface area (Å²) in [6.07, 6.45) is 2.59. The van der Waals surface area contributed by atoms with E-state index in [2.05, 4.69) is 5.10 Å². The maximum Gasteiger partial charge on any atom is 0.307 e. The Kier molecular flexibility index (Phi) is 3.84. The predicted molar refractivity (Wildman–Crippen MR) is 48.9 cm³/mol. The minimum Gasteiger partial charge on any atom is -0.466 e. The third-order valence-electron chi connectivity index (χ3n) is 1.63. The first-order valence-electron chi connectivity index (χ1n) is 4.40. The quantitative estimate of drug-likeness (QED) is 0.512. The van der Waals surface area contributed by atoms with Gasteiger partial charge < -0.3 is 4.74 Å². The van der Waals surface area contributed by atoms with E-state index in [4.69, 9.17) is 4.74 Å². The summed E-state index contributed by atoms with van der Waals surface area (Å²) in [6.45, 7) is 2.58. The molecule has 0 saturated carbocycles. The van der Waals surface area contributed by atoms with Gasteiger partial charge in [0.05, 0.1) is 19.6 Å². The van der Waals surface area contributed by atoms with Crippen molar-refractivity contribution in [2.24, 2.45) is 0 Å². The zero-order valence-corrected chi connectivity index (χ0v) is 7.97. The van der Waals surface area contributed by atoms with Crippen molar-refractivity contribution in [2.45, 2.75) is 19.9 Å². The van der Waals surface area contributed by atoms with Crippen LogP contribution in [0.3, 0.4) is 0 Å². The van der Waals surface area contributed by atoms with Crippen LogP contribution in [0.4, 0.5) is 0 Å². The highest BCUT2D eigenvalue weighted by Gasteiger charge is 2.03. The molecule has 0 aliphatic heterocycles. The molecular weight excluding hydrogens is 184 g/mol. The number of aryl methyl sites for hydroxylation is 1. The van der Waals surface area contributed by atoms with E-state index in [1.54, 1.807) is 23.9 Å². The molecule has 1 aromatic rings. The van der Waals surface area contributed by atoms with Crippen LogP contribution in [0.25, 0.3) is 0 Å². The van der Waals surface area contributed by atoms with Crippen molar-refractivity contribution in [3.8, 4) is 0 Å². The Balaban J connectivity index is 2.37. The minimum atomic E-state index is -0.254. The average Bonchev–Trinajstić information content (AvgIpc) is 2.63. The van der Waals surface area contributed by atoms with Crippen LogP contribution in [0.5, 0.6) is 0 Å². The molecule has 0 bridgehead atoms. The maximum atomic E-state index is 11.0. The molecule has 14 heavy (non-hydrogen) atoms. The Morgan fingerprint density at radius 3 is 3.07 bits per heavy atom. The number of hydrogen-bond donors (Lipinski definition) is 0. The van der Waals surface area contributed by atoms with E-state index in [1.807, 2.05) is 0 Å². The van der Waals surface area contributed by atoms with E-state index in [0.29, 0.717) is 25.1 Å². The van der Waals surface area contributed by atoms with Crippen molar-refractivity contribution < 1.29 is 14.3 Å². The van der Waals surface area contributed by atoms with E-state index in [9.17, 15) is 9.59 Å². The summed E-state index contributed by atoms with van der Waals surface area (Å²) < 4.78 is 6.29. The molecule has 5 nitrogen and oxygen atoms in total. The summed E-state index contributed by atoms with van der Waals surface area (Å²) in [5, 5.41) is 3.90. The number of carbonyl (C=O) groups excluding carboxylic acids is 2. The Bertz CT molecular complexity index is 320. The summed E-state index contributed by atoms with van der Waals surface area (Å²) in [6, 6.07) is 1.60. The molecule has 0 aliphatic carbocycles. The fraction of sp³-hybridized carbons (Fsp3) is 0.444. The minimum absolute atomic E-state index is 0.254. The van der Waals surface area contributed by atoms with Gasteiger partial charge in [-0.3, -0.25) is 14.3 Å². The molecule has 0 unspecified atom stereocenters. The second-order valence-corrected chi connectivity index (χ2v) is 2.68. The van der Waals surface area contributed by atoms with Gasteiger partial charge in [0.25, 0.3) is 0 Å². The van der Waals surface area contributed by atoms with Crippen LogP contribution in [0.15, 0.2) is 12.3 Å². The second kappa shape index (κ2) is 5.16. The largest absolute Gasteiger partial charge is 0.466 e. The summed E-state index contributed by atoms with van der Waals surface area (Å²) in [5.41, 5.74) is 0.369. The molecule has 0 spiro atoms. The summed E-state index contributed by atoms with van der Waals surface area (Å²) >= 11 is 0. The third-order valence-corrected chi connectivity index (χ3v) is 1.63. The molecule has 0 N–H and O–H groups in total. The maximum absolute atomic E-state index is 11.0. The monoisotopic (exact) mass is 196 g/mol. The molecule has 0 aliphatic rings. The normalized spacial score (nSPS) is 9.79. The van der Waals surface area contributed by atoms with Crippen LogP contribution < -0.4 is 0 Å². The Morgan fingerprint density at radius 2 is 2.50 bits per heavy atom. The molecule has 0 fully saturated rings. The molecule has 1 rings (SSSR count). The number of hydrogen-bond acceptors (Lipinski definition) is 4. The lowest BCUT2D eigenvalue weighted by Gasteiger charge is -2.01. The SMILES string of the molecule is CCOC(=O)CCn1ccc(C=O)n1. The molecule has 1 aromatic heterocycles. The van der Waals surface area contributed by atoms with Gasteiger partial charge in [0.2, 0.25) is 0 Å². The Hall–Kier alpha value is -1.65. The standard InChI is InChI=1S/C9H12N2O3/c1-2-14-9(13)4-6-11-5-3-8(7-12)10-11/h3,5,7H,2,4,6H2,1H3. The summed E-state index contributed by atoms with van der Waals surface area (Å²) in [5.74, 6) is -0.254. The van der Waals surface area contributed by atoms with Crippen molar-refractivity contribution in [3.05, 3.63) is 18.0 Å². The van der Waals surface area contributed by atoms with E-state index < -0.39 is 0 Å². The lowest BCUT2D eigenvalue weighted by molar-refractivity contribution is -0.143. The Morgan fingerprint density at radius 1 is 1.71 bits per heavy atom. The van der Waals surface area contributed by atoms with Gasteiger partial charge in [-0.15, -0.1) is 0 Å². The van der Waals surface area contributed by atoms with Crippen molar-refractivity contribution >= 4 is 12.3 Å². The fourth-order valence-corrected chi connectivity index (χ4v) is 1.00. The highest BCUT2D eigenvalue weighted by Crippen LogP contribution is 1.95. The van der Waals surface area contributed by atoms with Gasteiger partial charge in [0, 0.05) is 6.20 Å². The first-order valence-corrected chi connectivity index (χ1v) is 4.40. The molecule has 76 valence electrons. The molecule has 0 saturated heterocycles. The van der Waals surface area contributed by atoms with Gasteiger partial charge in [0.15, 0.2) is 6.29 Å². The number of aldehydes is 1. The molecule has 5 heteroatoms. The number of nitrogens with zero attached hydrogens (tertiary/aromatic N) is 2. The first kappa shape index (κ1) is 10.4. The molecule has 0 radical (unpaired) electrons. The summed E-state index contributed by atoms with van der Waals surface area (Å²) in [4.78, 5) is 21.3. The van der Waals surface area contributed by atoms with Crippen LogP contribution in [0, 0.1) is 0 Å². The zero-order chi connectivity index (χ0) is 10.4. The lowest BCUT2D eigenvalue weighted by atomic mass is 10.4. The van der Waals surface area contributed by atoms with Crippen LogP contribution >= 0.6 is 0 Å². The van der Waals surface area contributed by atoms with Gasteiger partial charge in [-0.2, -0.15) is 5.10 Å². The molecule has 0 aromatic carbocycles. The van der Waals surface area contributed by atoms with E-state index >= 15 is 0 Å². The number of carbonyl (C=O) groups is 2. The van der Waals surface area contributed by atoms with Crippen molar-refractivity contribution in [1.29, 1.82) is 0 Å². The number of esters is 1. The fourth-order valence-electron chi connectivity index (χ4n) is 1.00. The van der Waals surface area contributed by atoms with Crippen molar-refractivity contribution in [2.75, 3.05) is 6.61 Å². The topological polar surface area (TPSA) is 61.2 Å². The first-order chi connectivity index (χ1) is 6.76. The second-order valence-electron chi connectivity index (χ2n) is 2.68. The average molecular weight is 196 g/mol. The van der Waals surface area contributed by atoms with Crippen LogP contribution in [-0.4, -0.2) is 28.6 Å². The number of aromatic nitrogens is 2. The van der Waals surface area contributed by atoms with Crippen LogP contribution in [0.1, 0.15) is 23.8 Å². The third kappa shape index (κ3) is 3.01. The number of rotatable bonds is 5. The van der Waals surface area contributed by atoms with Crippen LogP contribution in [0.2, 0.25) is 0 Å². The number of ether oxygens (including phenoxy) is 1. The smallest absolute Gasteiger partial charge is 0.307 e. The summed E-state index contributed by atoms with van der Waals surface area (Å²) in [7, 11) is 0. The molecule has 0 amide bonds. The molecule has 1 heterocycles. The zero-order valence-electron chi connectivity index (χ0n) is 7.97. The van der Waals surface area contributed by atoms with E-state index in [1.165, 1.54) is 0 Å². The van der Waals surface area contributed by atoms with Gasteiger partial charge >= 0.3 is 5.97 Å². The van der Waals surface area contributed by atoms with Crippen molar-refractivity contribution in [1.82, 2.24) is 9.78 Å².